The van der Waals surface area contributed by atoms with Gasteiger partial charge < -0.3 is 9.47 Å². The number of benzene rings is 1. The summed E-state index contributed by atoms with van der Waals surface area (Å²) >= 11 is 1.26. The van der Waals surface area contributed by atoms with Crippen LogP contribution in [-0.4, -0.2) is 31.9 Å². The van der Waals surface area contributed by atoms with Crippen molar-refractivity contribution < 1.29 is 19.1 Å². The molecule has 1 atom stereocenters. The van der Waals surface area contributed by atoms with Crippen LogP contribution < -0.4 is 0 Å². The Morgan fingerprint density at radius 3 is 2.19 bits per heavy atom. The number of aryl methyl sites for hydroxylation is 1. The minimum absolute atomic E-state index is 0.127. The number of rotatable bonds is 14. The zero-order valence-corrected chi connectivity index (χ0v) is 17.8. The van der Waals surface area contributed by atoms with Crippen LogP contribution in [0.1, 0.15) is 74.7 Å². The molecule has 152 valence electrons. The number of carbonyl (C=O) groups is 2. The molecule has 27 heavy (non-hydrogen) atoms. The second-order valence-corrected chi connectivity index (χ2v) is 7.81. The highest BCUT2D eigenvalue weighted by molar-refractivity contribution is 8.00. The fourth-order valence-electron chi connectivity index (χ4n) is 3.07. The molecule has 0 aliphatic rings. The lowest BCUT2D eigenvalue weighted by Crippen LogP contribution is -2.16. The molecule has 1 aromatic carbocycles. The van der Waals surface area contributed by atoms with E-state index < -0.39 is 5.25 Å². The summed E-state index contributed by atoms with van der Waals surface area (Å²) in [6, 6.07) is 7.97. The van der Waals surface area contributed by atoms with Crippen LogP contribution in [0.5, 0.6) is 0 Å². The van der Waals surface area contributed by atoms with Gasteiger partial charge in [-0.15, -0.1) is 11.8 Å². The number of hydrogen-bond donors (Lipinski definition) is 0. The zero-order chi connectivity index (χ0) is 19.9. The second kappa shape index (κ2) is 14.6. The molecule has 0 saturated heterocycles. The van der Waals surface area contributed by atoms with Gasteiger partial charge in [0.2, 0.25) is 0 Å². The van der Waals surface area contributed by atoms with Gasteiger partial charge in [0.1, 0.15) is 5.25 Å². The summed E-state index contributed by atoms with van der Waals surface area (Å²) < 4.78 is 9.66. The molecule has 0 amide bonds. The number of ether oxygens (including phenoxy) is 2. The van der Waals surface area contributed by atoms with E-state index in [-0.39, 0.29) is 17.7 Å². The summed E-state index contributed by atoms with van der Waals surface area (Å²) in [6.45, 7) is 2.24. The van der Waals surface area contributed by atoms with Gasteiger partial charge in [-0.3, -0.25) is 9.59 Å². The quantitative estimate of drug-likeness (QED) is 0.308. The van der Waals surface area contributed by atoms with Crippen LogP contribution in [-0.2, 0) is 25.5 Å². The summed E-state index contributed by atoms with van der Waals surface area (Å²) in [6.07, 6.45) is 11.1. The van der Waals surface area contributed by atoms with Crippen LogP contribution in [0.4, 0.5) is 0 Å². The second-order valence-electron chi connectivity index (χ2n) is 6.71. The van der Waals surface area contributed by atoms with Gasteiger partial charge in [0.05, 0.1) is 20.0 Å². The van der Waals surface area contributed by atoms with Gasteiger partial charge in [0.15, 0.2) is 0 Å². The summed E-state index contributed by atoms with van der Waals surface area (Å²) in [7, 11) is 2.74. The van der Waals surface area contributed by atoms with Gasteiger partial charge in [-0.25, -0.2) is 0 Å². The highest BCUT2D eigenvalue weighted by Crippen LogP contribution is 2.33. The van der Waals surface area contributed by atoms with Crippen LogP contribution in [0, 0.1) is 0 Å². The Bertz CT molecular complexity index is 559. The maximum absolute atomic E-state index is 12.3. The molecule has 4 nitrogen and oxygen atoms in total. The molecule has 0 aromatic heterocycles. The number of carbonyl (C=O) groups excluding carboxylic acids is 2. The molecule has 0 fully saturated rings. The van der Waals surface area contributed by atoms with Gasteiger partial charge >= 0.3 is 11.9 Å². The maximum atomic E-state index is 12.3. The molecule has 0 aliphatic carbocycles. The fraction of sp³-hybridized carbons (Fsp3) is 0.636. The average molecular weight is 395 g/mol. The standard InChI is InChI=1S/C22H34O4S/c1-4-5-6-7-8-9-10-11-14-18-15-12-13-16-19(18)21(22(24)26-3)27-17-20(23)25-2/h12-13,15-16,21H,4-11,14,17H2,1-3H3. The zero-order valence-electron chi connectivity index (χ0n) is 17.0. The third-order valence-electron chi connectivity index (χ3n) is 4.65. The highest BCUT2D eigenvalue weighted by atomic mass is 32.2. The summed E-state index contributed by atoms with van der Waals surface area (Å²) in [4.78, 5) is 23.8. The fourth-order valence-corrected chi connectivity index (χ4v) is 4.13. The number of unbranched alkanes of at least 4 members (excludes halogenated alkanes) is 7. The Labute approximate surface area is 168 Å². The largest absolute Gasteiger partial charge is 0.468 e. The van der Waals surface area contributed by atoms with Crippen LogP contribution in [0.25, 0.3) is 0 Å². The molecule has 0 spiro atoms. The van der Waals surface area contributed by atoms with Crippen molar-refractivity contribution in [3.8, 4) is 0 Å². The first kappa shape index (κ1) is 23.5. The summed E-state index contributed by atoms with van der Waals surface area (Å²) in [5.41, 5.74) is 2.11. The maximum Gasteiger partial charge on any atom is 0.323 e. The van der Waals surface area contributed by atoms with Crippen molar-refractivity contribution in [2.75, 3.05) is 20.0 Å². The summed E-state index contributed by atoms with van der Waals surface area (Å²) in [5.74, 6) is -0.538. The lowest BCUT2D eigenvalue weighted by Gasteiger charge is -2.18. The Hall–Kier alpha value is -1.49. The molecule has 0 aliphatic heterocycles. The van der Waals surface area contributed by atoms with Crippen LogP contribution in [0.2, 0.25) is 0 Å². The van der Waals surface area contributed by atoms with Crippen molar-refractivity contribution in [2.45, 2.75) is 70.0 Å². The van der Waals surface area contributed by atoms with E-state index in [2.05, 4.69) is 13.0 Å². The molecule has 1 aromatic rings. The van der Waals surface area contributed by atoms with Crippen molar-refractivity contribution in [2.24, 2.45) is 0 Å². The molecular formula is C22H34O4S. The molecule has 0 N–H and O–H groups in total. The Kier molecular flexibility index (Phi) is 12.7. The number of methoxy groups -OCH3 is 2. The van der Waals surface area contributed by atoms with Crippen LogP contribution >= 0.6 is 11.8 Å². The van der Waals surface area contributed by atoms with Crippen molar-refractivity contribution in [1.82, 2.24) is 0 Å². The van der Waals surface area contributed by atoms with Gasteiger partial charge in [-0.05, 0) is 24.0 Å². The molecule has 0 saturated carbocycles. The first-order valence-electron chi connectivity index (χ1n) is 9.98. The topological polar surface area (TPSA) is 52.6 Å². The third-order valence-corrected chi connectivity index (χ3v) is 5.83. The predicted octanol–water partition coefficient (Wildman–Crippen LogP) is 5.49. The molecule has 1 unspecified atom stereocenters. The Morgan fingerprint density at radius 2 is 1.56 bits per heavy atom. The highest BCUT2D eigenvalue weighted by Gasteiger charge is 2.25. The lowest BCUT2D eigenvalue weighted by molar-refractivity contribution is -0.140. The third kappa shape index (κ3) is 9.32. The Morgan fingerprint density at radius 1 is 0.926 bits per heavy atom. The van der Waals surface area contributed by atoms with E-state index in [0.717, 1.165) is 24.0 Å². The molecule has 0 bridgehead atoms. The van der Waals surface area contributed by atoms with E-state index in [1.807, 2.05) is 18.2 Å². The van der Waals surface area contributed by atoms with Gasteiger partial charge in [0, 0.05) is 0 Å². The van der Waals surface area contributed by atoms with Crippen LogP contribution in [0.15, 0.2) is 24.3 Å². The van der Waals surface area contributed by atoms with E-state index in [1.54, 1.807) is 0 Å². The van der Waals surface area contributed by atoms with Crippen molar-refractivity contribution in [3.05, 3.63) is 35.4 Å². The first-order valence-corrected chi connectivity index (χ1v) is 11.0. The lowest BCUT2D eigenvalue weighted by atomic mass is 9.98. The minimum Gasteiger partial charge on any atom is -0.468 e. The molecule has 0 radical (unpaired) electrons. The van der Waals surface area contributed by atoms with E-state index >= 15 is 0 Å². The monoisotopic (exact) mass is 394 g/mol. The van der Waals surface area contributed by atoms with Crippen molar-refractivity contribution >= 4 is 23.7 Å². The SMILES string of the molecule is CCCCCCCCCCc1ccccc1C(SCC(=O)OC)C(=O)OC. The average Bonchev–Trinajstić information content (AvgIpc) is 2.70. The van der Waals surface area contributed by atoms with E-state index in [0.29, 0.717) is 0 Å². The van der Waals surface area contributed by atoms with E-state index in [1.165, 1.54) is 70.9 Å². The summed E-state index contributed by atoms with van der Waals surface area (Å²) in [5, 5.41) is -0.501. The minimum atomic E-state index is -0.501. The number of thioether (sulfide) groups is 1. The van der Waals surface area contributed by atoms with Gasteiger partial charge in [-0.2, -0.15) is 0 Å². The van der Waals surface area contributed by atoms with Crippen LogP contribution in [0.3, 0.4) is 0 Å². The predicted molar refractivity (Wildman–Crippen MR) is 112 cm³/mol. The van der Waals surface area contributed by atoms with E-state index in [9.17, 15) is 9.59 Å². The number of hydrogen-bond acceptors (Lipinski definition) is 5. The Balaban J connectivity index is 2.60. The van der Waals surface area contributed by atoms with Crippen molar-refractivity contribution in [1.29, 1.82) is 0 Å². The van der Waals surface area contributed by atoms with Gasteiger partial charge in [0.25, 0.3) is 0 Å². The molecule has 0 heterocycles. The first-order chi connectivity index (χ1) is 13.1. The van der Waals surface area contributed by atoms with E-state index in [4.69, 9.17) is 9.47 Å². The molecule has 1 rings (SSSR count). The molecular weight excluding hydrogens is 360 g/mol. The number of esters is 2. The van der Waals surface area contributed by atoms with Crippen molar-refractivity contribution in [3.63, 3.8) is 0 Å². The van der Waals surface area contributed by atoms with Gasteiger partial charge in [-0.1, -0.05) is 76.1 Å². The smallest absolute Gasteiger partial charge is 0.323 e. The normalized spacial score (nSPS) is 11.8. The molecule has 5 heteroatoms.